The molecule has 0 atom stereocenters. The van der Waals surface area contributed by atoms with Crippen molar-refractivity contribution >= 4 is 28.9 Å². The number of nitro groups is 1. The van der Waals surface area contributed by atoms with Gasteiger partial charge in [0, 0.05) is 18.2 Å². The van der Waals surface area contributed by atoms with Crippen LogP contribution in [0.5, 0.6) is 23.0 Å². The number of nitrogens with one attached hydrogen (secondary N) is 1. The van der Waals surface area contributed by atoms with E-state index in [2.05, 4.69) is 5.32 Å². The summed E-state index contributed by atoms with van der Waals surface area (Å²) in [7, 11) is 4.25. The largest absolute Gasteiger partial charge is 0.493 e. The summed E-state index contributed by atoms with van der Waals surface area (Å²) in [5.41, 5.74) is -0.444. The molecule has 0 saturated heterocycles. The van der Waals surface area contributed by atoms with Gasteiger partial charge < -0.3 is 24.3 Å². The zero-order valence-electron chi connectivity index (χ0n) is 15.7. The molecule has 0 saturated carbocycles. The van der Waals surface area contributed by atoms with Gasteiger partial charge in [0.05, 0.1) is 49.6 Å². The molecule has 2 rings (SSSR count). The van der Waals surface area contributed by atoms with Crippen molar-refractivity contribution < 1.29 is 28.7 Å². The molecule has 0 aliphatic heterocycles. The van der Waals surface area contributed by atoms with E-state index in [-0.39, 0.29) is 34.4 Å². The molecule has 1 N–H and O–H groups in total. The topological polar surface area (TPSA) is 109 Å². The second-order valence-corrected chi connectivity index (χ2v) is 5.76. The highest BCUT2D eigenvalue weighted by Crippen LogP contribution is 2.38. The van der Waals surface area contributed by atoms with Crippen LogP contribution in [0.3, 0.4) is 0 Å². The van der Waals surface area contributed by atoms with E-state index in [1.807, 2.05) is 0 Å². The van der Waals surface area contributed by atoms with Crippen molar-refractivity contribution in [3.05, 3.63) is 45.0 Å². The highest BCUT2D eigenvalue weighted by molar-refractivity contribution is 6.34. The Morgan fingerprint density at radius 1 is 1.04 bits per heavy atom. The Hall–Kier alpha value is -3.20. The van der Waals surface area contributed by atoms with Gasteiger partial charge in [-0.2, -0.15) is 0 Å². The lowest BCUT2D eigenvalue weighted by Gasteiger charge is -2.14. The normalized spacial score (nSPS) is 10.2. The van der Waals surface area contributed by atoms with E-state index in [1.165, 1.54) is 39.5 Å². The molecule has 0 unspecified atom stereocenters. The number of ether oxygens (including phenoxy) is 4. The van der Waals surface area contributed by atoms with Crippen LogP contribution in [0.15, 0.2) is 24.3 Å². The smallest absolute Gasteiger partial charge is 0.286 e. The van der Waals surface area contributed by atoms with Crippen LogP contribution in [0.2, 0.25) is 5.02 Å². The summed E-state index contributed by atoms with van der Waals surface area (Å²) < 4.78 is 20.8. The van der Waals surface area contributed by atoms with E-state index >= 15 is 0 Å². The van der Waals surface area contributed by atoms with E-state index in [0.717, 1.165) is 6.07 Å². The number of hydrogen-bond donors (Lipinski definition) is 1. The molecule has 0 aliphatic carbocycles. The molecule has 150 valence electrons. The first-order valence-corrected chi connectivity index (χ1v) is 8.46. The van der Waals surface area contributed by atoms with Gasteiger partial charge in [-0.3, -0.25) is 14.9 Å². The number of carbonyl (C=O) groups excluding carboxylic acids is 1. The van der Waals surface area contributed by atoms with Gasteiger partial charge in [-0.05, 0) is 6.92 Å². The van der Waals surface area contributed by atoms with E-state index in [9.17, 15) is 14.9 Å². The van der Waals surface area contributed by atoms with Crippen LogP contribution >= 0.6 is 11.6 Å². The van der Waals surface area contributed by atoms with Crippen molar-refractivity contribution in [3.8, 4) is 23.0 Å². The molecule has 2 aromatic carbocycles. The van der Waals surface area contributed by atoms with Crippen molar-refractivity contribution in [3.63, 3.8) is 0 Å². The van der Waals surface area contributed by atoms with Gasteiger partial charge in [-0.15, -0.1) is 0 Å². The predicted octanol–water partition coefficient (Wildman–Crippen LogP) is 3.93. The summed E-state index contributed by atoms with van der Waals surface area (Å²) >= 11 is 6.17. The molecule has 0 radical (unpaired) electrons. The molecule has 0 aliphatic rings. The average Bonchev–Trinajstić information content (AvgIpc) is 2.68. The maximum absolute atomic E-state index is 12.7. The number of nitrogens with zero attached hydrogens (tertiary/aromatic N) is 1. The van der Waals surface area contributed by atoms with E-state index in [1.54, 1.807) is 6.92 Å². The lowest BCUT2D eigenvalue weighted by atomic mass is 10.1. The van der Waals surface area contributed by atoms with Gasteiger partial charge in [-0.1, -0.05) is 11.6 Å². The number of anilines is 1. The van der Waals surface area contributed by atoms with Crippen molar-refractivity contribution in [2.45, 2.75) is 6.92 Å². The van der Waals surface area contributed by atoms with Crippen molar-refractivity contribution in [1.82, 2.24) is 0 Å². The molecular weight excluding hydrogens is 392 g/mol. The first-order valence-electron chi connectivity index (χ1n) is 8.08. The summed E-state index contributed by atoms with van der Waals surface area (Å²) in [5.74, 6) is 0.316. The van der Waals surface area contributed by atoms with Crippen LogP contribution in [-0.4, -0.2) is 38.8 Å². The molecule has 9 nitrogen and oxygen atoms in total. The predicted molar refractivity (Wildman–Crippen MR) is 103 cm³/mol. The number of rotatable bonds is 8. The lowest BCUT2D eigenvalue weighted by molar-refractivity contribution is -0.385. The van der Waals surface area contributed by atoms with Gasteiger partial charge in [0.25, 0.3) is 11.6 Å². The summed E-state index contributed by atoms with van der Waals surface area (Å²) in [5, 5.41) is 14.2. The summed E-state index contributed by atoms with van der Waals surface area (Å²) in [6, 6.07) is 5.31. The van der Waals surface area contributed by atoms with Crippen molar-refractivity contribution in [2.24, 2.45) is 0 Å². The maximum atomic E-state index is 12.7. The Morgan fingerprint density at radius 3 is 2.14 bits per heavy atom. The first-order chi connectivity index (χ1) is 13.4. The lowest BCUT2D eigenvalue weighted by Crippen LogP contribution is -2.15. The molecule has 0 fully saturated rings. The molecule has 0 bridgehead atoms. The average molecular weight is 411 g/mol. The zero-order valence-corrected chi connectivity index (χ0v) is 16.5. The Morgan fingerprint density at radius 2 is 1.61 bits per heavy atom. The molecule has 1 amide bonds. The van der Waals surface area contributed by atoms with Gasteiger partial charge >= 0.3 is 0 Å². The second-order valence-electron chi connectivity index (χ2n) is 5.35. The van der Waals surface area contributed by atoms with E-state index < -0.39 is 16.5 Å². The number of carbonyl (C=O) groups is 1. The van der Waals surface area contributed by atoms with Gasteiger partial charge in [0.2, 0.25) is 0 Å². The van der Waals surface area contributed by atoms with Gasteiger partial charge in [0.15, 0.2) is 23.0 Å². The summed E-state index contributed by atoms with van der Waals surface area (Å²) in [6.45, 7) is 2.01. The second kappa shape index (κ2) is 9.14. The van der Waals surface area contributed by atoms with Gasteiger partial charge in [-0.25, -0.2) is 0 Å². The Kier molecular flexibility index (Phi) is 6.89. The number of methoxy groups -OCH3 is 3. The number of benzene rings is 2. The molecule has 10 heteroatoms. The van der Waals surface area contributed by atoms with Crippen LogP contribution < -0.4 is 24.3 Å². The highest BCUT2D eigenvalue weighted by Gasteiger charge is 2.25. The number of amides is 1. The zero-order chi connectivity index (χ0) is 20.8. The van der Waals surface area contributed by atoms with Crippen LogP contribution in [0.1, 0.15) is 17.3 Å². The summed E-state index contributed by atoms with van der Waals surface area (Å²) in [4.78, 5) is 23.5. The van der Waals surface area contributed by atoms with Crippen LogP contribution in [0, 0.1) is 10.1 Å². The molecule has 28 heavy (non-hydrogen) atoms. The number of halogens is 1. The quantitative estimate of drug-likeness (QED) is 0.518. The third kappa shape index (κ3) is 4.37. The fourth-order valence-electron chi connectivity index (χ4n) is 2.45. The molecule has 0 aromatic heterocycles. The maximum Gasteiger partial charge on any atom is 0.286 e. The third-order valence-electron chi connectivity index (χ3n) is 3.74. The number of nitro benzene ring substituents is 1. The third-order valence-corrected chi connectivity index (χ3v) is 4.06. The van der Waals surface area contributed by atoms with Crippen LogP contribution in [0.25, 0.3) is 0 Å². The standard InChI is InChI=1S/C18H19ClN2O7/c1-5-28-17-9-13(21(23)24)10(6-14(17)25-2)18(22)20-12-8-16(27-4)15(26-3)7-11(12)19/h6-9H,5H2,1-4H3,(H,20,22). The van der Waals surface area contributed by atoms with Crippen molar-refractivity contribution in [2.75, 3.05) is 33.3 Å². The highest BCUT2D eigenvalue weighted by atomic mass is 35.5. The molecule has 0 spiro atoms. The monoisotopic (exact) mass is 410 g/mol. The minimum Gasteiger partial charge on any atom is -0.493 e. The molecule has 2 aromatic rings. The van der Waals surface area contributed by atoms with E-state index in [0.29, 0.717) is 11.5 Å². The Balaban J connectivity index is 2.48. The van der Waals surface area contributed by atoms with Crippen molar-refractivity contribution in [1.29, 1.82) is 0 Å². The minimum atomic E-state index is -0.748. The fourth-order valence-corrected chi connectivity index (χ4v) is 2.65. The minimum absolute atomic E-state index is 0.164. The number of hydrogen-bond acceptors (Lipinski definition) is 7. The Bertz CT molecular complexity index is 902. The first kappa shape index (κ1) is 21.1. The fraction of sp³-hybridized carbons (Fsp3) is 0.278. The van der Waals surface area contributed by atoms with E-state index in [4.69, 9.17) is 30.5 Å². The van der Waals surface area contributed by atoms with Crippen LogP contribution in [-0.2, 0) is 0 Å². The molecule has 0 heterocycles. The Labute approximate surface area is 166 Å². The van der Waals surface area contributed by atoms with Gasteiger partial charge in [0.1, 0.15) is 5.56 Å². The molecular formula is C18H19ClN2O7. The van der Waals surface area contributed by atoms with Crippen LogP contribution in [0.4, 0.5) is 11.4 Å². The summed E-state index contributed by atoms with van der Waals surface area (Å²) in [6.07, 6.45) is 0. The SMILES string of the molecule is CCOc1cc([N+](=O)[O-])c(C(=O)Nc2cc(OC)c(OC)cc2Cl)cc1OC.